The van der Waals surface area contributed by atoms with Crippen LogP contribution in [0.2, 0.25) is 0 Å². The maximum Gasteiger partial charge on any atom is 0.502 e. The fraction of sp³-hybridized carbons (Fsp3) is 0.125. The number of para-hydroxylation sites is 1. The van der Waals surface area contributed by atoms with Crippen LogP contribution in [0.1, 0.15) is 5.56 Å². The Kier molecular flexibility index (Phi) is 3.60. The third-order valence-electron chi connectivity index (χ3n) is 3.65. The number of nitrogens with one attached hydrogen (secondary N) is 1. The highest BCUT2D eigenvalue weighted by molar-refractivity contribution is 7.92. The molecule has 2 aromatic carbocycles. The van der Waals surface area contributed by atoms with Gasteiger partial charge in [-0.25, -0.2) is 8.42 Å². The minimum Gasteiger partial charge on any atom is -0.507 e. The van der Waals surface area contributed by atoms with Crippen molar-refractivity contribution in [3.63, 3.8) is 0 Å². The van der Waals surface area contributed by atoms with E-state index in [1.807, 2.05) is 0 Å². The van der Waals surface area contributed by atoms with Gasteiger partial charge in [0.1, 0.15) is 10.6 Å². The first-order valence-corrected chi connectivity index (χ1v) is 8.33. The second-order valence-corrected chi connectivity index (χ2v) is 7.22. The van der Waals surface area contributed by atoms with Crippen LogP contribution in [-0.4, -0.2) is 24.0 Å². The van der Waals surface area contributed by atoms with Gasteiger partial charge in [0.05, 0.1) is 5.69 Å². The summed E-state index contributed by atoms with van der Waals surface area (Å²) in [6, 6.07) is 10.1. The first-order valence-electron chi connectivity index (χ1n) is 6.85. The molecule has 1 heterocycles. The Balaban J connectivity index is 2.44. The Bertz CT molecular complexity index is 1040. The molecule has 126 valence electrons. The number of sulfone groups is 1. The van der Waals surface area contributed by atoms with Crippen LogP contribution in [0.4, 0.5) is 13.2 Å². The van der Waals surface area contributed by atoms with Crippen LogP contribution < -0.4 is 0 Å². The van der Waals surface area contributed by atoms with Gasteiger partial charge in [0, 0.05) is 16.5 Å². The average Bonchev–Trinajstić information content (AvgIpc) is 2.85. The van der Waals surface area contributed by atoms with E-state index < -0.39 is 20.2 Å². The molecule has 0 aliphatic heterocycles. The smallest absolute Gasteiger partial charge is 0.502 e. The number of rotatable bonds is 2. The topological polar surface area (TPSA) is 70.2 Å². The quantitative estimate of drug-likeness (QED) is 0.726. The molecule has 0 saturated carbocycles. The SMILES string of the molecule is Cc1ccc(-c2[nH]c3ccccc3c2S(=O)(=O)C(F)(F)F)c(O)c1. The molecule has 0 bridgehead atoms. The molecule has 2 N–H and O–H groups in total. The van der Waals surface area contributed by atoms with Crippen LogP contribution in [0.5, 0.6) is 5.75 Å². The lowest BCUT2D eigenvalue weighted by Gasteiger charge is -2.11. The Morgan fingerprint density at radius 1 is 1.08 bits per heavy atom. The van der Waals surface area contributed by atoms with Gasteiger partial charge in [-0.1, -0.05) is 24.3 Å². The van der Waals surface area contributed by atoms with Gasteiger partial charge in [-0.3, -0.25) is 0 Å². The molecule has 0 aliphatic carbocycles. The zero-order chi connectivity index (χ0) is 17.7. The molecule has 24 heavy (non-hydrogen) atoms. The number of hydrogen-bond donors (Lipinski definition) is 2. The molecule has 0 amide bonds. The van der Waals surface area contributed by atoms with Crippen LogP contribution in [-0.2, 0) is 9.84 Å². The second-order valence-electron chi connectivity index (χ2n) is 5.34. The monoisotopic (exact) mass is 355 g/mol. The van der Waals surface area contributed by atoms with Gasteiger partial charge >= 0.3 is 5.51 Å². The zero-order valence-corrected chi connectivity index (χ0v) is 13.2. The van der Waals surface area contributed by atoms with Crippen LogP contribution in [0.3, 0.4) is 0 Å². The van der Waals surface area contributed by atoms with Crippen LogP contribution in [0.15, 0.2) is 47.4 Å². The summed E-state index contributed by atoms with van der Waals surface area (Å²) in [5, 5.41) is 9.99. The van der Waals surface area contributed by atoms with E-state index >= 15 is 0 Å². The molecule has 0 spiro atoms. The lowest BCUT2D eigenvalue weighted by atomic mass is 10.1. The number of hydrogen-bond acceptors (Lipinski definition) is 3. The number of aryl methyl sites for hydroxylation is 1. The van der Waals surface area contributed by atoms with Crippen molar-refractivity contribution in [2.45, 2.75) is 17.3 Å². The molecule has 0 aliphatic rings. The van der Waals surface area contributed by atoms with Crippen molar-refractivity contribution in [1.29, 1.82) is 0 Å². The number of aromatic hydroxyl groups is 1. The largest absolute Gasteiger partial charge is 0.507 e. The molecule has 4 nitrogen and oxygen atoms in total. The molecule has 3 aromatic rings. The van der Waals surface area contributed by atoms with Crippen molar-refractivity contribution in [2.24, 2.45) is 0 Å². The highest BCUT2D eigenvalue weighted by Gasteiger charge is 2.49. The van der Waals surface area contributed by atoms with E-state index in [2.05, 4.69) is 4.98 Å². The maximum atomic E-state index is 13.1. The molecule has 8 heteroatoms. The van der Waals surface area contributed by atoms with E-state index in [1.54, 1.807) is 19.1 Å². The standard InChI is InChI=1S/C16H12F3NO3S/c1-9-6-7-11(13(21)8-9)14-15(24(22,23)16(17,18)19)10-4-2-3-5-12(10)20-14/h2-8,20-21H,1H3. The molecular formula is C16H12F3NO3S. The Hall–Kier alpha value is -2.48. The number of fused-ring (bicyclic) bond motifs is 1. The summed E-state index contributed by atoms with van der Waals surface area (Å²) in [6.45, 7) is 1.70. The fourth-order valence-electron chi connectivity index (χ4n) is 2.55. The summed E-state index contributed by atoms with van der Waals surface area (Å²) < 4.78 is 63.5. The first kappa shape index (κ1) is 16.4. The minimum atomic E-state index is -5.61. The predicted molar refractivity (Wildman–Crippen MR) is 83.4 cm³/mol. The molecule has 0 fully saturated rings. The van der Waals surface area contributed by atoms with Crippen molar-refractivity contribution >= 4 is 20.7 Å². The Morgan fingerprint density at radius 2 is 1.75 bits per heavy atom. The van der Waals surface area contributed by atoms with Gasteiger partial charge in [-0.05, 0) is 30.7 Å². The van der Waals surface area contributed by atoms with E-state index in [-0.39, 0.29) is 27.9 Å². The van der Waals surface area contributed by atoms with Crippen molar-refractivity contribution in [2.75, 3.05) is 0 Å². The summed E-state index contributed by atoms with van der Waals surface area (Å²) in [6.07, 6.45) is 0. The van der Waals surface area contributed by atoms with Gasteiger partial charge in [0.2, 0.25) is 0 Å². The Morgan fingerprint density at radius 3 is 2.38 bits per heavy atom. The predicted octanol–water partition coefficient (Wildman–Crippen LogP) is 4.14. The Labute approximate surface area is 135 Å². The lowest BCUT2D eigenvalue weighted by molar-refractivity contribution is -0.0435. The van der Waals surface area contributed by atoms with Crippen LogP contribution >= 0.6 is 0 Å². The summed E-state index contributed by atoms with van der Waals surface area (Å²) in [4.78, 5) is 1.80. The van der Waals surface area contributed by atoms with Gasteiger partial charge in [0.25, 0.3) is 9.84 Å². The van der Waals surface area contributed by atoms with Gasteiger partial charge in [0.15, 0.2) is 0 Å². The van der Waals surface area contributed by atoms with Gasteiger partial charge in [-0.15, -0.1) is 0 Å². The number of aromatic nitrogens is 1. The molecule has 3 rings (SSSR count). The average molecular weight is 355 g/mol. The van der Waals surface area contributed by atoms with Crippen LogP contribution in [0, 0.1) is 6.92 Å². The summed E-state index contributed by atoms with van der Waals surface area (Å²) in [5.41, 5.74) is -4.83. The van der Waals surface area contributed by atoms with Crippen LogP contribution in [0.25, 0.3) is 22.2 Å². The first-order chi connectivity index (χ1) is 11.1. The maximum absolute atomic E-state index is 13.1. The zero-order valence-electron chi connectivity index (χ0n) is 12.3. The van der Waals surface area contributed by atoms with Crippen molar-refractivity contribution in [3.8, 4) is 17.0 Å². The van der Waals surface area contributed by atoms with Gasteiger partial charge in [-0.2, -0.15) is 13.2 Å². The number of phenolic OH excluding ortho intramolecular Hbond substituents is 1. The normalized spacial score (nSPS) is 12.7. The highest BCUT2D eigenvalue weighted by Crippen LogP contribution is 2.42. The number of halogens is 3. The van der Waals surface area contributed by atoms with Crippen molar-refractivity contribution in [1.82, 2.24) is 4.98 Å². The van der Waals surface area contributed by atoms with Crippen molar-refractivity contribution in [3.05, 3.63) is 48.0 Å². The van der Waals surface area contributed by atoms with Gasteiger partial charge < -0.3 is 10.1 Å². The third kappa shape index (κ3) is 2.43. The molecule has 0 atom stereocenters. The number of alkyl halides is 3. The number of H-pyrrole nitrogens is 1. The summed E-state index contributed by atoms with van der Waals surface area (Å²) >= 11 is 0. The van der Waals surface area contributed by atoms with Crippen molar-refractivity contribution < 1.29 is 26.7 Å². The molecular weight excluding hydrogens is 343 g/mol. The van der Waals surface area contributed by atoms with E-state index in [4.69, 9.17) is 0 Å². The number of aromatic amines is 1. The summed E-state index contributed by atoms with van der Waals surface area (Å²) in [7, 11) is -5.61. The fourth-order valence-corrected chi connectivity index (χ4v) is 3.68. The van der Waals surface area contributed by atoms with E-state index in [1.165, 1.54) is 30.3 Å². The van der Waals surface area contributed by atoms with E-state index in [0.717, 1.165) is 0 Å². The van der Waals surface area contributed by atoms with E-state index in [0.29, 0.717) is 5.56 Å². The van der Waals surface area contributed by atoms with E-state index in [9.17, 15) is 26.7 Å². The number of phenols is 1. The highest BCUT2D eigenvalue weighted by atomic mass is 32.2. The molecule has 0 unspecified atom stereocenters. The summed E-state index contributed by atoms with van der Waals surface area (Å²) in [5.74, 6) is -0.305. The molecule has 0 radical (unpaired) electrons. The third-order valence-corrected chi connectivity index (χ3v) is 5.23. The molecule has 1 aromatic heterocycles. The lowest BCUT2D eigenvalue weighted by Crippen LogP contribution is -2.23. The minimum absolute atomic E-state index is 0.0142. The molecule has 0 saturated heterocycles. The second kappa shape index (κ2) is 5.27. The number of benzene rings is 2.